The first-order valence-electron chi connectivity index (χ1n) is 12.8. The number of carbonyl (C=O) groups is 2. The van der Waals surface area contributed by atoms with Crippen molar-refractivity contribution in [1.82, 2.24) is 14.7 Å². The highest BCUT2D eigenvalue weighted by Crippen LogP contribution is 2.49. The number of piperidine rings is 1. The molecule has 5 rings (SSSR count). The minimum absolute atomic E-state index is 0.0367. The van der Waals surface area contributed by atoms with E-state index in [9.17, 15) is 9.59 Å². The Balaban J connectivity index is 1.44. The van der Waals surface area contributed by atoms with Gasteiger partial charge in [-0.1, -0.05) is 43.3 Å². The summed E-state index contributed by atoms with van der Waals surface area (Å²) in [5, 5.41) is 0. The quantitative estimate of drug-likeness (QED) is 0.618. The lowest BCUT2D eigenvalue weighted by molar-refractivity contribution is -0.132. The van der Waals surface area contributed by atoms with E-state index >= 15 is 0 Å². The number of benzene rings is 2. The number of likely N-dealkylation sites (tertiary alicyclic amines) is 1. The minimum Gasteiger partial charge on any atom is -0.497 e. The van der Waals surface area contributed by atoms with Gasteiger partial charge >= 0.3 is 6.03 Å². The molecule has 3 aliphatic rings. The fraction of sp³-hybridized carbons (Fsp3) is 0.448. The normalized spacial score (nSPS) is 20.6. The molecule has 1 unspecified atom stereocenters. The van der Waals surface area contributed by atoms with E-state index in [1.54, 1.807) is 14.2 Å². The molecule has 3 aliphatic heterocycles. The zero-order valence-electron chi connectivity index (χ0n) is 21.6. The van der Waals surface area contributed by atoms with Gasteiger partial charge in [-0.25, -0.2) is 4.79 Å². The van der Waals surface area contributed by atoms with Crippen LogP contribution in [0.4, 0.5) is 4.79 Å². The van der Waals surface area contributed by atoms with Crippen molar-refractivity contribution >= 4 is 11.9 Å². The summed E-state index contributed by atoms with van der Waals surface area (Å²) in [5.74, 6) is 1.72. The molecule has 7 nitrogen and oxygen atoms in total. The number of nitrogens with zero attached hydrogens (tertiary/aromatic N) is 3. The SMILES string of the molecule is CCN1C(=O)N2Cc3cc(OC)cc(OC)c3C(C)C=C2C12CCN(C(=O)Cc1ccccc1)CC2. The van der Waals surface area contributed by atoms with Crippen molar-refractivity contribution in [1.29, 1.82) is 0 Å². The Labute approximate surface area is 213 Å². The van der Waals surface area contributed by atoms with Crippen molar-refractivity contribution in [3.63, 3.8) is 0 Å². The van der Waals surface area contributed by atoms with Crippen molar-refractivity contribution in [2.75, 3.05) is 33.9 Å². The fourth-order valence-corrected chi connectivity index (χ4v) is 6.27. The summed E-state index contributed by atoms with van der Waals surface area (Å²) in [7, 11) is 3.32. The second kappa shape index (κ2) is 9.52. The van der Waals surface area contributed by atoms with E-state index in [0.29, 0.717) is 32.6 Å². The molecule has 0 radical (unpaired) electrons. The molecule has 2 aromatic rings. The molecule has 0 saturated carbocycles. The zero-order chi connectivity index (χ0) is 25.4. The van der Waals surface area contributed by atoms with Gasteiger partial charge in [-0.05, 0) is 37.0 Å². The molecular weight excluding hydrogens is 454 g/mol. The lowest BCUT2D eigenvalue weighted by Gasteiger charge is -2.44. The third-order valence-corrected chi connectivity index (χ3v) is 8.05. The van der Waals surface area contributed by atoms with E-state index in [2.05, 4.69) is 13.0 Å². The van der Waals surface area contributed by atoms with Crippen LogP contribution >= 0.6 is 0 Å². The van der Waals surface area contributed by atoms with Crippen molar-refractivity contribution in [2.45, 2.75) is 51.1 Å². The first-order valence-corrected chi connectivity index (χ1v) is 12.8. The second-order valence-electron chi connectivity index (χ2n) is 9.93. The van der Waals surface area contributed by atoms with Crippen LogP contribution in [0, 0.1) is 0 Å². The Morgan fingerprint density at radius 1 is 1.08 bits per heavy atom. The molecule has 2 fully saturated rings. The second-order valence-corrected chi connectivity index (χ2v) is 9.93. The lowest BCUT2D eigenvalue weighted by Crippen LogP contribution is -2.54. The summed E-state index contributed by atoms with van der Waals surface area (Å²) in [6.45, 7) is 6.59. The molecule has 0 aromatic heterocycles. The number of allylic oxidation sites excluding steroid dienone is 1. The van der Waals surface area contributed by atoms with E-state index in [0.717, 1.165) is 46.7 Å². The van der Waals surface area contributed by atoms with Gasteiger partial charge in [0.25, 0.3) is 0 Å². The van der Waals surface area contributed by atoms with E-state index in [-0.39, 0.29) is 17.9 Å². The van der Waals surface area contributed by atoms with Gasteiger partial charge in [-0.15, -0.1) is 0 Å². The Morgan fingerprint density at radius 2 is 1.81 bits per heavy atom. The van der Waals surface area contributed by atoms with Gasteiger partial charge in [0.2, 0.25) is 5.91 Å². The summed E-state index contributed by atoms with van der Waals surface area (Å²) in [6, 6.07) is 13.9. The number of methoxy groups -OCH3 is 2. The molecule has 7 heteroatoms. The van der Waals surface area contributed by atoms with Crippen LogP contribution in [-0.4, -0.2) is 66.0 Å². The predicted molar refractivity (Wildman–Crippen MR) is 138 cm³/mol. The first kappa shape index (κ1) is 24.2. The highest BCUT2D eigenvalue weighted by Gasteiger charge is 2.55. The summed E-state index contributed by atoms with van der Waals surface area (Å²) < 4.78 is 11.2. The third-order valence-electron chi connectivity index (χ3n) is 8.05. The molecule has 0 N–H and O–H groups in total. The average Bonchev–Trinajstić information content (AvgIpc) is 3.00. The average molecular weight is 490 g/mol. The van der Waals surface area contributed by atoms with Gasteiger partial charge in [0.05, 0.1) is 32.7 Å². The molecule has 3 amide bonds. The number of rotatable bonds is 5. The Kier molecular flexibility index (Phi) is 6.41. The minimum atomic E-state index is -0.400. The predicted octanol–water partition coefficient (Wildman–Crippen LogP) is 4.57. The van der Waals surface area contributed by atoms with E-state index in [1.165, 1.54) is 0 Å². The molecule has 36 heavy (non-hydrogen) atoms. The molecular formula is C29H35N3O4. The van der Waals surface area contributed by atoms with Crippen molar-refractivity contribution in [3.05, 3.63) is 70.9 Å². The van der Waals surface area contributed by atoms with Gasteiger partial charge in [0.15, 0.2) is 0 Å². The molecule has 2 aromatic carbocycles. The molecule has 0 aliphatic carbocycles. The number of urea groups is 1. The van der Waals surface area contributed by atoms with Crippen LogP contribution in [0.2, 0.25) is 0 Å². The molecule has 3 heterocycles. The van der Waals surface area contributed by atoms with Crippen LogP contribution in [0.25, 0.3) is 0 Å². The van der Waals surface area contributed by atoms with Crippen LogP contribution in [0.3, 0.4) is 0 Å². The maximum Gasteiger partial charge on any atom is 0.325 e. The molecule has 0 bridgehead atoms. The van der Waals surface area contributed by atoms with Crippen LogP contribution in [-0.2, 0) is 17.8 Å². The first-order chi connectivity index (χ1) is 17.4. The van der Waals surface area contributed by atoms with Gasteiger partial charge in [0.1, 0.15) is 11.5 Å². The van der Waals surface area contributed by atoms with Gasteiger partial charge in [-0.3, -0.25) is 9.69 Å². The molecule has 1 spiro atoms. The van der Waals surface area contributed by atoms with Crippen molar-refractivity contribution < 1.29 is 19.1 Å². The zero-order valence-corrected chi connectivity index (χ0v) is 21.6. The molecule has 2 saturated heterocycles. The Morgan fingerprint density at radius 3 is 2.44 bits per heavy atom. The van der Waals surface area contributed by atoms with Gasteiger partial charge in [-0.2, -0.15) is 0 Å². The topological polar surface area (TPSA) is 62.3 Å². The summed E-state index contributed by atoms with van der Waals surface area (Å²) in [4.78, 5) is 32.7. The van der Waals surface area contributed by atoms with Crippen molar-refractivity contribution in [2.24, 2.45) is 0 Å². The number of likely N-dealkylation sites (N-methyl/N-ethyl adjacent to an activating group) is 1. The number of hydrogen-bond acceptors (Lipinski definition) is 4. The number of amides is 3. The smallest absolute Gasteiger partial charge is 0.325 e. The summed E-state index contributed by atoms with van der Waals surface area (Å²) in [5.41, 5.74) is 3.84. The van der Waals surface area contributed by atoms with E-state index < -0.39 is 5.54 Å². The largest absolute Gasteiger partial charge is 0.497 e. The lowest BCUT2D eigenvalue weighted by atomic mass is 9.82. The maximum atomic E-state index is 13.7. The monoisotopic (exact) mass is 489 g/mol. The standard InChI is InChI=1S/C29H35N3O4/c1-5-32-28(34)31-19-22-17-23(35-3)18-24(36-4)27(22)20(2)15-25(31)29(32)11-13-30(14-12-29)26(33)16-21-9-7-6-8-10-21/h6-10,15,17-18,20H,5,11-14,16,19H2,1-4H3. The van der Waals surface area contributed by atoms with Crippen molar-refractivity contribution in [3.8, 4) is 11.5 Å². The highest BCUT2D eigenvalue weighted by molar-refractivity contribution is 5.83. The highest BCUT2D eigenvalue weighted by atomic mass is 16.5. The number of ether oxygens (including phenoxy) is 2. The van der Waals surface area contributed by atoms with Crippen LogP contribution in [0.5, 0.6) is 11.5 Å². The van der Waals surface area contributed by atoms with Gasteiger partial charge < -0.3 is 19.3 Å². The molecule has 190 valence electrons. The van der Waals surface area contributed by atoms with Crippen LogP contribution in [0.1, 0.15) is 49.3 Å². The van der Waals surface area contributed by atoms with E-state index in [4.69, 9.17) is 9.47 Å². The number of hydrogen-bond donors (Lipinski definition) is 0. The Bertz CT molecular complexity index is 1180. The summed E-state index contributed by atoms with van der Waals surface area (Å²) in [6.07, 6.45) is 4.13. The summed E-state index contributed by atoms with van der Waals surface area (Å²) >= 11 is 0. The molecule has 1 atom stereocenters. The van der Waals surface area contributed by atoms with Crippen LogP contribution < -0.4 is 9.47 Å². The Hall–Kier alpha value is -3.48. The van der Waals surface area contributed by atoms with Gasteiger partial charge in [0, 0.05) is 42.9 Å². The fourth-order valence-electron chi connectivity index (χ4n) is 6.27. The van der Waals surface area contributed by atoms with E-state index in [1.807, 2.05) is 64.1 Å². The maximum absolute atomic E-state index is 13.7. The number of carbonyl (C=O) groups excluding carboxylic acids is 2. The third kappa shape index (κ3) is 3.91. The number of fused-ring (bicyclic) bond motifs is 3. The van der Waals surface area contributed by atoms with Crippen LogP contribution in [0.15, 0.2) is 54.2 Å².